The van der Waals surface area contributed by atoms with Gasteiger partial charge in [0, 0.05) is 23.9 Å². The van der Waals surface area contributed by atoms with E-state index in [0.717, 1.165) is 22.4 Å². The molecule has 0 aliphatic heterocycles. The standard InChI is InChI=1S/C23H28N4O3/c1-17(20-6-5-7-22(14-20)29-4)27(30-13-12-26(2)3)23(28)19-10-8-18(9-11-19)21-15-24-25-16-21/h5-11,14-17H,12-13H2,1-4H3,(H,24,25)/t17-/m1/s1. The van der Waals surface area contributed by atoms with Crippen molar-refractivity contribution < 1.29 is 14.4 Å². The van der Waals surface area contributed by atoms with Crippen LogP contribution in [-0.2, 0) is 4.84 Å². The van der Waals surface area contributed by atoms with E-state index in [4.69, 9.17) is 9.57 Å². The maximum absolute atomic E-state index is 13.3. The molecule has 1 heterocycles. The van der Waals surface area contributed by atoms with Crippen molar-refractivity contribution >= 4 is 5.91 Å². The fourth-order valence-corrected chi connectivity index (χ4v) is 3.05. The lowest BCUT2D eigenvalue weighted by Gasteiger charge is -2.29. The van der Waals surface area contributed by atoms with Gasteiger partial charge < -0.3 is 9.64 Å². The maximum atomic E-state index is 13.3. The third-order valence-electron chi connectivity index (χ3n) is 4.86. The molecule has 0 saturated carbocycles. The Morgan fingerprint density at radius 2 is 1.90 bits per heavy atom. The number of aromatic amines is 1. The molecule has 0 saturated heterocycles. The number of carbonyl (C=O) groups is 1. The predicted molar refractivity (Wildman–Crippen MR) is 116 cm³/mol. The zero-order valence-corrected chi connectivity index (χ0v) is 17.8. The Balaban J connectivity index is 1.83. The summed E-state index contributed by atoms with van der Waals surface area (Å²) >= 11 is 0. The minimum absolute atomic E-state index is 0.192. The highest BCUT2D eigenvalue weighted by Gasteiger charge is 2.24. The van der Waals surface area contributed by atoms with Gasteiger partial charge in [-0.25, -0.2) is 5.06 Å². The summed E-state index contributed by atoms with van der Waals surface area (Å²) in [4.78, 5) is 21.3. The normalized spacial score (nSPS) is 12.0. The van der Waals surface area contributed by atoms with Crippen LogP contribution in [0, 0.1) is 0 Å². The third kappa shape index (κ3) is 5.25. The molecule has 0 radical (unpaired) electrons. The number of hydrogen-bond acceptors (Lipinski definition) is 5. The Morgan fingerprint density at radius 3 is 2.53 bits per heavy atom. The van der Waals surface area contributed by atoms with Gasteiger partial charge in [0.15, 0.2) is 0 Å². The molecular weight excluding hydrogens is 380 g/mol. The number of amides is 1. The number of ether oxygens (including phenoxy) is 1. The molecule has 3 rings (SSSR count). The summed E-state index contributed by atoms with van der Waals surface area (Å²) in [5, 5.41) is 8.22. The van der Waals surface area contributed by atoms with Gasteiger partial charge in [0.25, 0.3) is 5.91 Å². The van der Waals surface area contributed by atoms with Gasteiger partial charge in [-0.15, -0.1) is 0 Å². The van der Waals surface area contributed by atoms with E-state index in [-0.39, 0.29) is 11.9 Å². The molecule has 7 nitrogen and oxygen atoms in total. The van der Waals surface area contributed by atoms with Crippen LogP contribution < -0.4 is 4.74 Å². The van der Waals surface area contributed by atoms with Crippen molar-refractivity contribution in [1.29, 1.82) is 0 Å². The average molecular weight is 409 g/mol. The van der Waals surface area contributed by atoms with Crippen LogP contribution in [-0.4, -0.2) is 60.4 Å². The lowest BCUT2D eigenvalue weighted by Crippen LogP contribution is -2.36. The summed E-state index contributed by atoms with van der Waals surface area (Å²) in [5.74, 6) is 0.548. The topological polar surface area (TPSA) is 70.7 Å². The molecule has 1 amide bonds. The van der Waals surface area contributed by atoms with E-state index in [1.807, 2.05) is 80.6 Å². The number of methoxy groups -OCH3 is 1. The van der Waals surface area contributed by atoms with Gasteiger partial charge in [0.05, 0.1) is 26.0 Å². The van der Waals surface area contributed by atoms with Crippen LogP contribution in [0.4, 0.5) is 0 Å². The number of aromatic nitrogens is 2. The van der Waals surface area contributed by atoms with E-state index >= 15 is 0 Å². The second-order valence-electron chi connectivity index (χ2n) is 7.28. The summed E-state index contributed by atoms with van der Waals surface area (Å²) in [6.07, 6.45) is 3.57. The first kappa shape index (κ1) is 21.5. The smallest absolute Gasteiger partial charge is 0.277 e. The molecule has 0 fully saturated rings. The first-order chi connectivity index (χ1) is 14.5. The molecule has 3 aromatic rings. The SMILES string of the molecule is COc1cccc([C@@H](C)N(OCCN(C)C)C(=O)c2ccc(-c3cn[nH]c3)cc2)c1. The van der Waals surface area contributed by atoms with Crippen molar-refractivity contribution in [1.82, 2.24) is 20.2 Å². The molecule has 0 aliphatic rings. The Labute approximate surface area is 177 Å². The van der Waals surface area contributed by atoms with Crippen molar-refractivity contribution in [3.63, 3.8) is 0 Å². The zero-order valence-electron chi connectivity index (χ0n) is 17.8. The molecule has 7 heteroatoms. The number of likely N-dealkylation sites (N-methyl/N-ethyl adjacent to an activating group) is 1. The molecule has 1 N–H and O–H groups in total. The second kappa shape index (κ2) is 10.0. The van der Waals surface area contributed by atoms with Crippen LogP contribution in [0.3, 0.4) is 0 Å². The van der Waals surface area contributed by atoms with Gasteiger partial charge in [-0.2, -0.15) is 5.10 Å². The Bertz CT molecular complexity index is 939. The van der Waals surface area contributed by atoms with Gasteiger partial charge in [-0.05, 0) is 56.4 Å². The quantitative estimate of drug-likeness (QED) is 0.546. The fraction of sp³-hybridized carbons (Fsp3) is 0.304. The highest BCUT2D eigenvalue weighted by atomic mass is 16.7. The van der Waals surface area contributed by atoms with Crippen molar-refractivity contribution in [2.24, 2.45) is 0 Å². The van der Waals surface area contributed by atoms with Crippen LogP contribution in [0.5, 0.6) is 5.75 Å². The molecule has 158 valence electrons. The summed E-state index contributed by atoms with van der Waals surface area (Å²) in [7, 11) is 5.56. The Kier molecular flexibility index (Phi) is 7.21. The molecule has 0 spiro atoms. The van der Waals surface area contributed by atoms with E-state index in [0.29, 0.717) is 18.7 Å². The zero-order chi connectivity index (χ0) is 21.5. The van der Waals surface area contributed by atoms with E-state index in [1.165, 1.54) is 5.06 Å². The Morgan fingerprint density at radius 1 is 1.13 bits per heavy atom. The van der Waals surface area contributed by atoms with E-state index in [1.54, 1.807) is 13.3 Å². The maximum Gasteiger partial charge on any atom is 0.277 e. The van der Waals surface area contributed by atoms with Crippen LogP contribution in [0.1, 0.15) is 28.9 Å². The summed E-state index contributed by atoms with van der Waals surface area (Å²) in [5.41, 5.74) is 3.45. The lowest BCUT2D eigenvalue weighted by atomic mass is 10.0. The third-order valence-corrected chi connectivity index (χ3v) is 4.86. The number of nitrogens with one attached hydrogen (secondary N) is 1. The number of H-pyrrole nitrogens is 1. The molecule has 0 bridgehead atoms. The van der Waals surface area contributed by atoms with Crippen molar-refractivity contribution in [2.75, 3.05) is 34.4 Å². The van der Waals surface area contributed by atoms with Crippen LogP contribution in [0.2, 0.25) is 0 Å². The molecular formula is C23H28N4O3. The first-order valence-electron chi connectivity index (χ1n) is 9.84. The average Bonchev–Trinajstić information content (AvgIpc) is 3.31. The highest BCUT2D eigenvalue weighted by molar-refractivity contribution is 5.94. The van der Waals surface area contributed by atoms with Gasteiger partial charge >= 0.3 is 0 Å². The number of hydroxylamine groups is 2. The molecule has 30 heavy (non-hydrogen) atoms. The first-order valence-corrected chi connectivity index (χ1v) is 9.84. The lowest BCUT2D eigenvalue weighted by molar-refractivity contribution is -0.149. The number of carbonyl (C=O) groups excluding carboxylic acids is 1. The van der Waals surface area contributed by atoms with Gasteiger partial charge in [0.1, 0.15) is 5.75 Å². The fourth-order valence-electron chi connectivity index (χ4n) is 3.05. The molecule has 1 atom stereocenters. The van der Waals surface area contributed by atoms with E-state index < -0.39 is 0 Å². The van der Waals surface area contributed by atoms with Crippen LogP contribution in [0.25, 0.3) is 11.1 Å². The number of rotatable bonds is 9. The molecule has 1 aromatic heterocycles. The molecule has 0 aliphatic carbocycles. The predicted octanol–water partition coefficient (Wildman–Crippen LogP) is 3.78. The summed E-state index contributed by atoms with van der Waals surface area (Å²) < 4.78 is 5.33. The summed E-state index contributed by atoms with van der Waals surface area (Å²) in [6, 6.07) is 14.8. The van der Waals surface area contributed by atoms with Crippen LogP contribution >= 0.6 is 0 Å². The van der Waals surface area contributed by atoms with Crippen molar-refractivity contribution in [3.05, 3.63) is 72.1 Å². The minimum atomic E-state index is -0.289. The minimum Gasteiger partial charge on any atom is -0.497 e. The molecule has 0 unspecified atom stereocenters. The highest BCUT2D eigenvalue weighted by Crippen LogP contribution is 2.26. The van der Waals surface area contributed by atoms with E-state index in [2.05, 4.69) is 10.2 Å². The second-order valence-corrected chi connectivity index (χ2v) is 7.28. The number of hydrogen-bond donors (Lipinski definition) is 1. The number of benzene rings is 2. The summed E-state index contributed by atoms with van der Waals surface area (Å²) in [6.45, 7) is 3.05. The van der Waals surface area contributed by atoms with E-state index in [9.17, 15) is 4.79 Å². The van der Waals surface area contributed by atoms with Crippen molar-refractivity contribution in [3.8, 4) is 16.9 Å². The number of nitrogens with zero attached hydrogens (tertiary/aromatic N) is 3. The van der Waals surface area contributed by atoms with Gasteiger partial charge in [-0.1, -0.05) is 24.3 Å². The van der Waals surface area contributed by atoms with Gasteiger partial charge in [0.2, 0.25) is 0 Å². The van der Waals surface area contributed by atoms with Crippen molar-refractivity contribution in [2.45, 2.75) is 13.0 Å². The Hall–Kier alpha value is -3.16. The van der Waals surface area contributed by atoms with Crippen LogP contribution in [0.15, 0.2) is 60.9 Å². The molecule has 2 aromatic carbocycles. The largest absolute Gasteiger partial charge is 0.497 e. The monoisotopic (exact) mass is 408 g/mol. The van der Waals surface area contributed by atoms with Gasteiger partial charge in [-0.3, -0.25) is 14.7 Å².